The Morgan fingerprint density at radius 2 is 1.64 bits per heavy atom. The quantitative estimate of drug-likeness (QED) is 0.775. The highest BCUT2D eigenvalue weighted by Crippen LogP contribution is 2.56. The molecule has 0 radical (unpaired) electrons. The fraction of sp³-hybridized carbons (Fsp3) is 0.429. The molecule has 3 amide bonds. The van der Waals surface area contributed by atoms with Crippen molar-refractivity contribution in [2.75, 3.05) is 5.32 Å². The Balaban J connectivity index is 1.57. The number of imide groups is 1. The Kier molecular flexibility index (Phi) is 4.19. The molecule has 2 bridgehead atoms. The van der Waals surface area contributed by atoms with Gasteiger partial charge in [0.25, 0.3) is 0 Å². The zero-order valence-electron chi connectivity index (χ0n) is 16.2. The molecule has 2 heterocycles. The maximum absolute atomic E-state index is 13.2. The summed E-state index contributed by atoms with van der Waals surface area (Å²) in [5, 5.41) is 7.84. The molecule has 1 aliphatic heterocycles. The molecule has 2 unspecified atom stereocenters. The second-order valence-electron chi connectivity index (χ2n) is 8.85. The van der Waals surface area contributed by atoms with Crippen molar-refractivity contribution in [2.45, 2.75) is 40.0 Å². The smallest absolute Gasteiger partial charge is 0.232 e. The first-order chi connectivity index (χ1) is 13.1. The maximum atomic E-state index is 13.2. The number of nitrogens with zero attached hydrogens (tertiary/aromatic N) is 1. The maximum Gasteiger partial charge on any atom is 0.232 e. The average Bonchev–Trinajstić information content (AvgIpc) is 3.09. The van der Waals surface area contributed by atoms with E-state index in [9.17, 15) is 14.4 Å². The Morgan fingerprint density at radius 3 is 2.25 bits per heavy atom. The molecule has 0 spiro atoms. The molecular weight excluding hydrogens is 374 g/mol. The zero-order valence-corrected chi connectivity index (χ0v) is 17.0. The van der Waals surface area contributed by atoms with E-state index in [1.807, 2.05) is 56.5 Å². The number of hydrogen-bond donors (Lipinski definition) is 2. The van der Waals surface area contributed by atoms with E-state index in [4.69, 9.17) is 0 Å². The van der Waals surface area contributed by atoms with Gasteiger partial charge in [0.1, 0.15) is 0 Å². The van der Waals surface area contributed by atoms with Crippen LogP contribution in [0.3, 0.4) is 0 Å². The van der Waals surface area contributed by atoms with Crippen LogP contribution in [0.1, 0.15) is 40.0 Å². The number of benzene rings is 1. The fourth-order valence-electron chi connectivity index (χ4n) is 4.98. The highest BCUT2D eigenvalue weighted by atomic mass is 32.1. The molecule has 28 heavy (non-hydrogen) atoms. The van der Waals surface area contributed by atoms with Crippen LogP contribution in [0.5, 0.6) is 0 Å². The van der Waals surface area contributed by atoms with E-state index >= 15 is 0 Å². The van der Waals surface area contributed by atoms with E-state index in [2.05, 4.69) is 15.6 Å². The summed E-state index contributed by atoms with van der Waals surface area (Å²) >= 11 is 1.37. The van der Waals surface area contributed by atoms with Gasteiger partial charge in [-0.25, -0.2) is 4.98 Å². The Morgan fingerprint density at radius 1 is 1.04 bits per heavy atom. The van der Waals surface area contributed by atoms with Gasteiger partial charge in [0, 0.05) is 27.2 Å². The van der Waals surface area contributed by atoms with Crippen LogP contribution in [0, 0.1) is 16.2 Å². The fourth-order valence-corrected chi connectivity index (χ4v) is 5.69. The van der Waals surface area contributed by atoms with Gasteiger partial charge in [0.2, 0.25) is 17.7 Å². The number of hydrogen-bond acceptors (Lipinski definition) is 5. The molecule has 2 aromatic rings. The van der Waals surface area contributed by atoms with Gasteiger partial charge >= 0.3 is 0 Å². The number of nitrogens with one attached hydrogen (secondary N) is 2. The Labute approximate surface area is 167 Å². The van der Waals surface area contributed by atoms with Crippen molar-refractivity contribution in [1.29, 1.82) is 0 Å². The van der Waals surface area contributed by atoms with Crippen molar-refractivity contribution < 1.29 is 14.4 Å². The third-order valence-corrected chi connectivity index (χ3v) is 6.76. The van der Waals surface area contributed by atoms with Gasteiger partial charge in [-0.3, -0.25) is 19.7 Å². The van der Waals surface area contributed by atoms with Crippen molar-refractivity contribution >= 4 is 34.2 Å². The summed E-state index contributed by atoms with van der Waals surface area (Å²) in [5.41, 5.74) is -0.496. The molecule has 6 nitrogen and oxygen atoms in total. The molecule has 2 aliphatic rings. The highest BCUT2D eigenvalue weighted by molar-refractivity contribution is 7.14. The van der Waals surface area contributed by atoms with Crippen LogP contribution >= 0.6 is 11.3 Å². The van der Waals surface area contributed by atoms with Gasteiger partial charge < -0.3 is 5.32 Å². The largest absolute Gasteiger partial charge is 0.301 e. The summed E-state index contributed by atoms with van der Waals surface area (Å²) < 4.78 is 0. The number of rotatable bonds is 3. The lowest BCUT2D eigenvalue weighted by Crippen LogP contribution is -2.63. The summed E-state index contributed by atoms with van der Waals surface area (Å²) in [7, 11) is 0. The summed E-state index contributed by atoms with van der Waals surface area (Å²) in [5.74, 6) is -0.760. The second-order valence-corrected chi connectivity index (χ2v) is 9.71. The number of anilines is 1. The monoisotopic (exact) mass is 397 g/mol. The van der Waals surface area contributed by atoms with Gasteiger partial charge in [0.15, 0.2) is 5.13 Å². The molecule has 4 rings (SSSR count). The first kappa shape index (κ1) is 18.8. The van der Waals surface area contributed by atoms with Crippen LogP contribution in [-0.2, 0) is 14.4 Å². The van der Waals surface area contributed by atoms with E-state index in [0.717, 1.165) is 11.3 Å². The molecule has 1 saturated carbocycles. The minimum atomic E-state index is -0.826. The van der Waals surface area contributed by atoms with Crippen molar-refractivity contribution in [3.05, 3.63) is 35.7 Å². The number of carbonyl (C=O) groups is 3. The van der Waals surface area contributed by atoms with Crippen LogP contribution in [0.4, 0.5) is 5.13 Å². The first-order valence-electron chi connectivity index (χ1n) is 9.32. The van der Waals surface area contributed by atoms with Gasteiger partial charge in [-0.15, -0.1) is 11.3 Å². The molecule has 2 N–H and O–H groups in total. The minimum absolute atomic E-state index is 0.193. The van der Waals surface area contributed by atoms with E-state index in [0.29, 0.717) is 24.4 Å². The van der Waals surface area contributed by atoms with E-state index < -0.39 is 16.2 Å². The van der Waals surface area contributed by atoms with Crippen LogP contribution in [0.15, 0.2) is 35.7 Å². The number of piperidine rings is 1. The number of carbonyl (C=O) groups excluding carboxylic acids is 3. The van der Waals surface area contributed by atoms with Crippen molar-refractivity contribution in [3.63, 3.8) is 0 Å². The van der Waals surface area contributed by atoms with Crippen molar-refractivity contribution in [3.8, 4) is 11.3 Å². The summed E-state index contributed by atoms with van der Waals surface area (Å²) in [6, 6.07) is 9.76. The lowest BCUT2D eigenvalue weighted by molar-refractivity contribution is -0.163. The molecule has 2 atom stereocenters. The summed E-state index contributed by atoms with van der Waals surface area (Å²) in [6.45, 7) is 5.53. The zero-order chi connectivity index (χ0) is 20.2. The highest BCUT2D eigenvalue weighted by Gasteiger charge is 2.60. The SMILES string of the molecule is CC12CC(C)(CC(C)(C(=O)Nc3nc(-c4ccccc4)cs3)C1)C(=O)NC2=O. The van der Waals surface area contributed by atoms with E-state index in [-0.39, 0.29) is 17.7 Å². The van der Waals surface area contributed by atoms with Crippen LogP contribution < -0.4 is 10.6 Å². The summed E-state index contributed by atoms with van der Waals surface area (Å²) in [4.78, 5) is 42.6. The van der Waals surface area contributed by atoms with Gasteiger partial charge in [-0.2, -0.15) is 0 Å². The van der Waals surface area contributed by atoms with E-state index in [1.165, 1.54) is 11.3 Å². The third kappa shape index (κ3) is 3.03. The lowest BCUT2D eigenvalue weighted by atomic mass is 9.52. The Hall–Kier alpha value is -2.54. The number of thiazole rings is 1. The molecule has 7 heteroatoms. The van der Waals surface area contributed by atoms with Gasteiger partial charge in [-0.1, -0.05) is 51.1 Å². The van der Waals surface area contributed by atoms with Gasteiger partial charge in [-0.05, 0) is 19.3 Å². The van der Waals surface area contributed by atoms with Crippen molar-refractivity contribution in [2.24, 2.45) is 16.2 Å². The first-order valence-corrected chi connectivity index (χ1v) is 10.2. The summed E-state index contributed by atoms with van der Waals surface area (Å²) in [6.07, 6.45) is 1.28. The van der Waals surface area contributed by atoms with Crippen LogP contribution in [0.2, 0.25) is 0 Å². The number of aromatic nitrogens is 1. The number of amides is 3. The molecule has 1 saturated heterocycles. The molecule has 146 valence electrons. The molecule has 1 aromatic heterocycles. The molecule has 1 aliphatic carbocycles. The van der Waals surface area contributed by atoms with Crippen LogP contribution in [0.25, 0.3) is 11.3 Å². The average molecular weight is 398 g/mol. The predicted molar refractivity (Wildman–Crippen MR) is 108 cm³/mol. The standard InChI is InChI=1S/C21H23N3O3S/c1-19-10-20(2,16(26)23-15(19)25)12-21(3,11-19)17(27)24-18-22-14(9-28-18)13-7-5-4-6-8-13/h4-9H,10-12H2,1-3H3,(H,22,24,27)(H,23,25,26). The molecule has 2 fully saturated rings. The topological polar surface area (TPSA) is 88.2 Å². The second kappa shape index (κ2) is 6.24. The van der Waals surface area contributed by atoms with Crippen LogP contribution in [-0.4, -0.2) is 22.7 Å². The number of fused-ring (bicyclic) bond motifs is 2. The lowest BCUT2D eigenvalue weighted by Gasteiger charge is -2.53. The Bertz CT molecular complexity index is 942. The van der Waals surface area contributed by atoms with Crippen molar-refractivity contribution in [1.82, 2.24) is 10.3 Å². The molecule has 1 aromatic carbocycles. The normalized spacial score (nSPS) is 32.0. The van der Waals surface area contributed by atoms with Gasteiger partial charge in [0.05, 0.1) is 5.69 Å². The third-order valence-electron chi connectivity index (χ3n) is 6.01. The predicted octanol–water partition coefficient (Wildman–Crippen LogP) is 3.61. The minimum Gasteiger partial charge on any atom is -0.301 e. The van der Waals surface area contributed by atoms with E-state index in [1.54, 1.807) is 0 Å². The molecular formula is C21H23N3O3S.